The van der Waals surface area contributed by atoms with Crippen molar-refractivity contribution in [3.8, 4) is 5.75 Å². The lowest BCUT2D eigenvalue weighted by molar-refractivity contribution is -0.143. The second-order valence-corrected chi connectivity index (χ2v) is 9.03. The molecule has 0 aliphatic carbocycles. The van der Waals surface area contributed by atoms with E-state index in [4.69, 9.17) is 4.74 Å². The van der Waals surface area contributed by atoms with Gasteiger partial charge >= 0.3 is 5.97 Å². The summed E-state index contributed by atoms with van der Waals surface area (Å²) in [5, 5.41) is 10.2. The van der Waals surface area contributed by atoms with Gasteiger partial charge in [-0.15, -0.1) is 0 Å². The zero-order chi connectivity index (χ0) is 21.5. The average molecular weight is 405 g/mol. The van der Waals surface area contributed by atoms with Crippen molar-refractivity contribution in [3.05, 3.63) is 29.3 Å². The Kier molecular flexibility index (Phi) is 12.7. The lowest BCUT2D eigenvalue weighted by Gasteiger charge is -2.26. The van der Waals surface area contributed by atoms with Gasteiger partial charge in [-0.05, 0) is 41.9 Å². The number of rotatable bonds is 16. The van der Waals surface area contributed by atoms with Crippen LogP contribution >= 0.6 is 0 Å². The first-order chi connectivity index (χ1) is 13.9. The van der Waals surface area contributed by atoms with Gasteiger partial charge in [0.25, 0.3) is 0 Å². The van der Waals surface area contributed by atoms with Crippen molar-refractivity contribution in [2.45, 2.75) is 117 Å². The Morgan fingerprint density at radius 2 is 1.55 bits per heavy atom. The van der Waals surface area contributed by atoms with Gasteiger partial charge in [0.1, 0.15) is 5.75 Å². The fourth-order valence-corrected chi connectivity index (χ4v) is 3.96. The molecule has 3 heteroatoms. The lowest BCUT2D eigenvalue weighted by Crippen LogP contribution is -2.17. The van der Waals surface area contributed by atoms with E-state index in [-0.39, 0.29) is 11.4 Å². The van der Waals surface area contributed by atoms with Crippen LogP contribution in [0.25, 0.3) is 0 Å². The first-order valence-electron chi connectivity index (χ1n) is 11.9. The van der Waals surface area contributed by atoms with Gasteiger partial charge in [0, 0.05) is 6.42 Å². The maximum atomic E-state index is 12.0. The van der Waals surface area contributed by atoms with E-state index in [1.54, 1.807) is 6.07 Å². The van der Waals surface area contributed by atoms with E-state index in [9.17, 15) is 9.90 Å². The van der Waals surface area contributed by atoms with Crippen molar-refractivity contribution in [1.29, 1.82) is 0 Å². The van der Waals surface area contributed by atoms with Gasteiger partial charge in [0.05, 0.1) is 6.61 Å². The Balaban J connectivity index is 2.23. The third-order valence-corrected chi connectivity index (χ3v) is 5.79. The maximum Gasteiger partial charge on any atom is 0.306 e. The molecule has 29 heavy (non-hydrogen) atoms. The SMILES string of the molecule is CCCCCCCCCCCOC(=O)CCc1ccc(O)c(C(C)(C)CCC)c1. The van der Waals surface area contributed by atoms with Crippen LogP contribution in [0.15, 0.2) is 18.2 Å². The minimum Gasteiger partial charge on any atom is -0.508 e. The molecular formula is C26H44O3. The Morgan fingerprint density at radius 1 is 0.931 bits per heavy atom. The van der Waals surface area contributed by atoms with Crippen LogP contribution in [-0.2, 0) is 21.4 Å². The van der Waals surface area contributed by atoms with Crippen LogP contribution in [0.4, 0.5) is 0 Å². The molecule has 166 valence electrons. The highest BCUT2D eigenvalue weighted by molar-refractivity contribution is 5.69. The summed E-state index contributed by atoms with van der Waals surface area (Å²) in [6.07, 6.45) is 14.5. The molecule has 0 bridgehead atoms. The Hall–Kier alpha value is -1.51. The van der Waals surface area contributed by atoms with E-state index >= 15 is 0 Å². The number of aromatic hydroxyl groups is 1. The van der Waals surface area contributed by atoms with E-state index in [0.717, 1.165) is 36.8 Å². The third kappa shape index (κ3) is 10.7. The predicted octanol–water partition coefficient (Wildman–Crippen LogP) is 7.48. The molecule has 0 atom stereocenters. The summed E-state index contributed by atoms with van der Waals surface area (Å²) in [5.41, 5.74) is 1.99. The summed E-state index contributed by atoms with van der Waals surface area (Å²) in [4.78, 5) is 12.0. The van der Waals surface area contributed by atoms with Crippen molar-refractivity contribution in [1.82, 2.24) is 0 Å². The second-order valence-electron chi connectivity index (χ2n) is 9.03. The zero-order valence-corrected chi connectivity index (χ0v) is 19.4. The maximum absolute atomic E-state index is 12.0. The van der Waals surface area contributed by atoms with Crippen molar-refractivity contribution >= 4 is 5.97 Å². The summed E-state index contributed by atoms with van der Waals surface area (Å²) in [5.74, 6) is 0.229. The molecule has 0 aromatic heterocycles. The van der Waals surface area contributed by atoms with Crippen LogP contribution in [0.1, 0.15) is 116 Å². The monoisotopic (exact) mass is 404 g/mol. The van der Waals surface area contributed by atoms with Gasteiger partial charge in [-0.1, -0.05) is 97.6 Å². The van der Waals surface area contributed by atoms with Gasteiger partial charge in [-0.25, -0.2) is 0 Å². The second kappa shape index (κ2) is 14.5. The van der Waals surface area contributed by atoms with Crippen LogP contribution in [0.5, 0.6) is 5.75 Å². The molecule has 0 fully saturated rings. The van der Waals surface area contributed by atoms with Crippen LogP contribution in [-0.4, -0.2) is 17.7 Å². The van der Waals surface area contributed by atoms with Gasteiger partial charge in [-0.2, -0.15) is 0 Å². The summed E-state index contributed by atoms with van der Waals surface area (Å²) in [6.45, 7) is 9.27. The molecule has 0 aliphatic heterocycles. The fraction of sp³-hybridized carbons (Fsp3) is 0.731. The summed E-state index contributed by atoms with van der Waals surface area (Å²) < 4.78 is 5.39. The number of benzene rings is 1. The lowest BCUT2D eigenvalue weighted by atomic mass is 9.79. The molecule has 0 spiro atoms. The average Bonchev–Trinajstić information content (AvgIpc) is 2.68. The fourth-order valence-electron chi connectivity index (χ4n) is 3.96. The van der Waals surface area contributed by atoms with Gasteiger partial charge in [0.15, 0.2) is 0 Å². The molecule has 0 amide bonds. The normalized spacial score (nSPS) is 11.6. The highest BCUT2D eigenvalue weighted by Crippen LogP contribution is 2.35. The van der Waals surface area contributed by atoms with Crippen molar-refractivity contribution in [2.24, 2.45) is 0 Å². The van der Waals surface area contributed by atoms with Crippen LogP contribution in [0.2, 0.25) is 0 Å². The van der Waals surface area contributed by atoms with Gasteiger partial charge < -0.3 is 9.84 Å². The molecule has 1 N–H and O–H groups in total. The van der Waals surface area contributed by atoms with E-state index in [1.165, 1.54) is 44.9 Å². The molecule has 1 aromatic rings. The molecule has 0 saturated heterocycles. The van der Waals surface area contributed by atoms with E-state index in [1.807, 2.05) is 6.07 Å². The molecule has 0 saturated carbocycles. The van der Waals surface area contributed by atoms with Crippen LogP contribution in [0.3, 0.4) is 0 Å². The first kappa shape index (κ1) is 25.5. The molecule has 1 aromatic carbocycles. The van der Waals surface area contributed by atoms with Crippen molar-refractivity contribution < 1.29 is 14.6 Å². The minimum atomic E-state index is -0.119. The zero-order valence-electron chi connectivity index (χ0n) is 19.4. The van der Waals surface area contributed by atoms with Gasteiger partial charge in [0.2, 0.25) is 0 Å². The predicted molar refractivity (Wildman–Crippen MR) is 123 cm³/mol. The molecule has 0 heterocycles. The first-order valence-corrected chi connectivity index (χ1v) is 11.9. The number of hydrogen-bond acceptors (Lipinski definition) is 3. The number of carbonyl (C=O) groups is 1. The van der Waals surface area contributed by atoms with E-state index in [2.05, 4.69) is 33.8 Å². The summed E-state index contributed by atoms with van der Waals surface area (Å²) in [7, 11) is 0. The molecule has 0 radical (unpaired) electrons. The number of aryl methyl sites for hydroxylation is 1. The molecule has 0 unspecified atom stereocenters. The number of phenolic OH excluding ortho intramolecular Hbond substituents is 1. The number of hydrogen-bond donors (Lipinski definition) is 1. The standard InChI is InChI=1S/C26H44O3/c1-5-7-8-9-10-11-12-13-14-20-29-25(28)18-16-22-15-17-24(27)23(21-22)26(3,4)19-6-2/h15,17,21,27H,5-14,16,18-20H2,1-4H3. The quantitative estimate of drug-likeness (QED) is 0.229. The highest BCUT2D eigenvalue weighted by Gasteiger charge is 2.23. The number of phenols is 1. The molecule has 0 aliphatic rings. The van der Waals surface area contributed by atoms with Crippen LogP contribution < -0.4 is 0 Å². The molecule has 1 rings (SSSR count). The highest BCUT2D eigenvalue weighted by atomic mass is 16.5. The third-order valence-electron chi connectivity index (χ3n) is 5.79. The number of unbranched alkanes of at least 4 members (excludes halogenated alkanes) is 8. The topological polar surface area (TPSA) is 46.5 Å². The Bertz CT molecular complexity index is 577. The Morgan fingerprint density at radius 3 is 2.17 bits per heavy atom. The Labute approximate surface area is 179 Å². The van der Waals surface area contributed by atoms with Crippen LogP contribution in [0, 0.1) is 0 Å². The van der Waals surface area contributed by atoms with E-state index < -0.39 is 0 Å². The molecule has 3 nitrogen and oxygen atoms in total. The molecular weight excluding hydrogens is 360 g/mol. The largest absolute Gasteiger partial charge is 0.508 e. The smallest absolute Gasteiger partial charge is 0.306 e. The summed E-state index contributed by atoms with van der Waals surface area (Å²) in [6, 6.07) is 5.73. The van der Waals surface area contributed by atoms with Crippen molar-refractivity contribution in [3.63, 3.8) is 0 Å². The van der Waals surface area contributed by atoms with E-state index in [0.29, 0.717) is 25.2 Å². The number of esters is 1. The number of ether oxygens (including phenoxy) is 1. The van der Waals surface area contributed by atoms with Gasteiger partial charge in [-0.3, -0.25) is 4.79 Å². The minimum absolute atomic E-state index is 0.0641. The van der Waals surface area contributed by atoms with Crippen molar-refractivity contribution in [2.75, 3.05) is 6.61 Å². The number of carbonyl (C=O) groups excluding carboxylic acids is 1. The summed E-state index contributed by atoms with van der Waals surface area (Å²) >= 11 is 0.